The second-order valence-electron chi connectivity index (χ2n) is 8.67. The normalized spacial score (nSPS) is 20.9. The van der Waals surface area contributed by atoms with Crippen molar-refractivity contribution in [3.8, 4) is 5.75 Å². The van der Waals surface area contributed by atoms with Crippen LogP contribution in [0.15, 0.2) is 17.2 Å². The SMILES string of the molecule is CC(N)c1cc(F)cc2c1OC(CN=[N+]=[N-])(CO[Si](C)(C)C(C)(C)C)C2. The predicted molar refractivity (Wildman–Crippen MR) is 103 cm³/mol. The summed E-state index contributed by atoms with van der Waals surface area (Å²) in [6.07, 6.45) is 0.424. The number of azide groups is 1. The first kappa shape index (κ1) is 20.7. The topological polar surface area (TPSA) is 93.2 Å². The zero-order valence-corrected chi connectivity index (χ0v) is 17.5. The molecule has 1 aromatic carbocycles. The van der Waals surface area contributed by atoms with E-state index in [0.717, 1.165) is 5.56 Å². The largest absolute Gasteiger partial charge is 0.484 e. The van der Waals surface area contributed by atoms with Crippen molar-refractivity contribution >= 4 is 8.32 Å². The first-order valence-electron chi connectivity index (χ1n) is 8.82. The third-order valence-corrected chi connectivity index (χ3v) is 9.88. The summed E-state index contributed by atoms with van der Waals surface area (Å²) in [7, 11) is -2.02. The summed E-state index contributed by atoms with van der Waals surface area (Å²) in [5.74, 6) is 0.248. The highest BCUT2D eigenvalue weighted by atomic mass is 28.4. The minimum atomic E-state index is -2.02. The molecule has 8 heteroatoms. The van der Waals surface area contributed by atoms with Gasteiger partial charge in [-0.1, -0.05) is 25.9 Å². The van der Waals surface area contributed by atoms with E-state index in [9.17, 15) is 4.39 Å². The Hall–Kier alpha value is -1.60. The van der Waals surface area contributed by atoms with Crippen LogP contribution in [0.5, 0.6) is 5.75 Å². The van der Waals surface area contributed by atoms with Crippen LogP contribution >= 0.6 is 0 Å². The van der Waals surface area contributed by atoms with Crippen molar-refractivity contribution < 1.29 is 13.6 Å². The molecule has 0 saturated carbocycles. The highest BCUT2D eigenvalue weighted by Gasteiger charge is 2.45. The van der Waals surface area contributed by atoms with Crippen LogP contribution in [0.4, 0.5) is 4.39 Å². The van der Waals surface area contributed by atoms with Crippen LogP contribution < -0.4 is 10.5 Å². The molecule has 0 fully saturated rings. The van der Waals surface area contributed by atoms with E-state index in [4.69, 9.17) is 20.4 Å². The fourth-order valence-corrected chi connectivity index (χ4v) is 3.83. The third kappa shape index (κ3) is 4.20. The van der Waals surface area contributed by atoms with E-state index in [1.807, 2.05) is 0 Å². The zero-order chi connectivity index (χ0) is 19.8. The molecule has 2 atom stereocenters. The Kier molecular flexibility index (Phi) is 5.73. The number of ether oxygens (including phenoxy) is 1. The van der Waals surface area contributed by atoms with Crippen molar-refractivity contribution in [1.29, 1.82) is 0 Å². The molecule has 0 amide bonds. The summed E-state index contributed by atoms with van der Waals surface area (Å²) in [5, 5.41) is 3.78. The average Bonchev–Trinajstić information content (AvgIpc) is 2.88. The highest BCUT2D eigenvalue weighted by Crippen LogP contribution is 2.43. The molecule has 0 spiro atoms. The third-order valence-electron chi connectivity index (χ3n) is 5.41. The van der Waals surface area contributed by atoms with Crippen LogP contribution in [0.3, 0.4) is 0 Å². The first-order valence-corrected chi connectivity index (χ1v) is 11.7. The van der Waals surface area contributed by atoms with Gasteiger partial charge in [-0.25, -0.2) is 4.39 Å². The maximum Gasteiger partial charge on any atom is 0.192 e. The summed E-state index contributed by atoms with van der Waals surface area (Å²) < 4.78 is 26.6. The number of halogens is 1. The maximum absolute atomic E-state index is 14.0. The number of rotatable bonds is 6. The lowest BCUT2D eigenvalue weighted by molar-refractivity contribution is 0.0401. The summed E-state index contributed by atoms with van der Waals surface area (Å²) in [6.45, 7) is 13.0. The van der Waals surface area contributed by atoms with Crippen LogP contribution in [0, 0.1) is 5.82 Å². The van der Waals surface area contributed by atoms with Gasteiger partial charge in [-0.3, -0.25) is 0 Å². The van der Waals surface area contributed by atoms with Gasteiger partial charge >= 0.3 is 0 Å². The summed E-state index contributed by atoms with van der Waals surface area (Å²) in [4.78, 5) is 2.88. The first-order chi connectivity index (χ1) is 11.9. The number of nitrogens with zero attached hydrogens (tertiary/aromatic N) is 3. The monoisotopic (exact) mass is 380 g/mol. The Bertz CT molecular complexity index is 727. The van der Waals surface area contributed by atoms with E-state index < -0.39 is 13.9 Å². The van der Waals surface area contributed by atoms with Gasteiger partial charge in [-0.15, -0.1) is 0 Å². The van der Waals surface area contributed by atoms with Crippen LogP contribution in [0.1, 0.15) is 44.9 Å². The van der Waals surface area contributed by atoms with Gasteiger partial charge < -0.3 is 14.9 Å². The van der Waals surface area contributed by atoms with E-state index in [-0.39, 0.29) is 30.0 Å². The number of hydrogen-bond donors (Lipinski definition) is 1. The molecule has 0 aliphatic carbocycles. The molecular weight excluding hydrogens is 351 g/mol. The van der Waals surface area contributed by atoms with Gasteiger partial charge in [0.15, 0.2) is 8.32 Å². The molecule has 1 aromatic rings. The van der Waals surface area contributed by atoms with Crippen LogP contribution in [0.25, 0.3) is 10.4 Å². The fraction of sp³-hybridized carbons (Fsp3) is 0.667. The molecule has 2 rings (SSSR count). The molecule has 0 radical (unpaired) electrons. The molecule has 0 saturated heterocycles. The van der Waals surface area contributed by atoms with Gasteiger partial charge in [0.2, 0.25) is 0 Å². The van der Waals surface area contributed by atoms with Gasteiger partial charge in [0.05, 0.1) is 13.2 Å². The molecule has 1 heterocycles. The summed E-state index contributed by atoms with van der Waals surface area (Å²) in [6, 6.07) is 2.50. The fourth-order valence-electron chi connectivity index (χ4n) is 2.77. The predicted octanol–water partition coefficient (Wildman–Crippen LogP) is 4.85. The molecule has 1 aliphatic heterocycles. The Morgan fingerprint density at radius 2 is 2.12 bits per heavy atom. The Labute approximate surface area is 155 Å². The number of fused-ring (bicyclic) bond motifs is 1. The standard InChI is InChI=1S/C18H29FN4O2Si/c1-12(20)15-8-14(19)7-13-9-18(10-22-23-21,25-16(13)15)11-24-26(5,6)17(2,3)4/h7-8,12H,9-11,20H2,1-6H3. The maximum atomic E-state index is 14.0. The molecule has 2 N–H and O–H groups in total. The number of benzene rings is 1. The molecule has 26 heavy (non-hydrogen) atoms. The molecule has 0 aromatic heterocycles. The van der Waals surface area contributed by atoms with Gasteiger partial charge in [-0.2, -0.15) is 0 Å². The van der Waals surface area contributed by atoms with Gasteiger partial charge in [0.1, 0.15) is 17.2 Å². The lowest BCUT2D eigenvalue weighted by Gasteiger charge is -2.39. The second-order valence-corrected chi connectivity index (χ2v) is 13.5. The van der Waals surface area contributed by atoms with Crippen molar-refractivity contribution in [1.82, 2.24) is 0 Å². The van der Waals surface area contributed by atoms with E-state index in [1.54, 1.807) is 6.92 Å². The minimum Gasteiger partial charge on any atom is -0.484 e. The van der Waals surface area contributed by atoms with E-state index in [2.05, 4.69) is 43.9 Å². The van der Waals surface area contributed by atoms with Gasteiger partial charge in [0.25, 0.3) is 0 Å². The van der Waals surface area contributed by atoms with Crippen molar-refractivity contribution in [2.75, 3.05) is 13.2 Å². The van der Waals surface area contributed by atoms with Crippen molar-refractivity contribution in [3.63, 3.8) is 0 Å². The molecule has 2 unspecified atom stereocenters. The molecule has 144 valence electrons. The Balaban J connectivity index is 2.35. The molecule has 1 aliphatic rings. The second kappa shape index (κ2) is 7.19. The van der Waals surface area contributed by atoms with Gasteiger partial charge in [-0.05, 0) is 42.7 Å². The van der Waals surface area contributed by atoms with Crippen molar-refractivity contribution in [2.24, 2.45) is 10.8 Å². The highest BCUT2D eigenvalue weighted by molar-refractivity contribution is 6.74. The quantitative estimate of drug-likeness (QED) is 0.331. The van der Waals surface area contributed by atoms with Gasteiger partial charge in [0, 0.05) is 28.5 Å². The Morgan fingerprint density at radius 3 is 2.65 bits per heavy atom. The number of nitrogens with two attached hydrogens (primary N) is 1. The molecular formula is C18H29FN4O2Si. The van der Waals surface area contributed by atoms with Crippen molar-refractivity contribution in [3.05, 3.63) is 39.5 Å². The zero-order valence-electron chi connectivity index (χ0n) is 16.5. The van der Waals surface area contributed by atoms with Crippen molar-refractivity contribution in [2.45, 2.75) is 63.9 Å². The van der Waals surface area contributed by atoms with E-state index in [1.165, 1.54) is 12.1 Å². The Morgan fingerprint density at radius 1 is 1.46 bits per heavy atom. The molecule has 6 nitrogen and oxygen atoms in total. The van der Waals surface area contributed by atoms with Crippen LogP contribution in [-0.4, -0.2) is 27.1 Å². The van der Waals surface area contributed by atoms with E-state index >= 15 is 0 Å². The summed E-state index contributed by atoms with van der Waals surface area (Å²) >= 11 is 0. The number of hydrogen-bond acceptors (Lipinski definition) is 4. The lowest BCUT2D eigenvalue weighted by Crippen LogP contribution is -2.49. The lowest BCUT2D eigenvalue weighted by atomic mass is 9.96. The minimum absolute atomic E-state index is 0.0428. The summed E-state index contributed by atoms with van der Waals surface area (Å²) in [5.41, 5.74) is 15.3. The molecule has 0 bridgehead atoms. The smallest absolute Gasteiger partial charge is 0.192 e. The van der Waals surface area contributed by atoms with E-state index in [0.29, 0.717) is 17.7 Å². The van der Waals surface area contributed by atoms with Crippen LogP contribution in [-0.2, 0) is 10.8 Å². The average molecular weight is 381 g/mol. The van der Waals surface area contributed by atoms with Crippen LogP contribution in [0.2, 0.25) is 18.1 Å².